The summed E-state index contributed by atoms with van der Waals surface area (Å²) in [5.74, 6) is 0.347. The van der Waals surface area contributed by atoms with E-state index in [2.05, 4.69) is 5.32 Å². The van der Waals surface area contributed by atoms with Crippen LogP contribution in [0.15, 0.2) is 41.3 Å². The minimum absolute atomic E-state index is 0.172. The van der Waals surface area contributed by atoms with Crippen LogP contribution < -0.4 is 19.7 Å². The van der Waals surface area contributed by atoms with Gasteiger partial charge in [0, 0.05) is 30.5 Å². The number of benzene rings is 2. The van der Waals surface area contributed by atoms with E-state index in [1.54, 1.807) is 44.2 Å². The molecule has 4 rings (SSSR count). The number of methoxy groups -OCH3 is 2. The van der Waals surface area contributed by atoms with Crippen molar-refractivity contribution in [3.05, 3.63) is 42.0 Å². The van der Waals surface area contributed by atoms with Crippen LogP contribution in [0.3, 0.4) is 0 Å². The number of anilines is 2. The molecule has 2 aromatic rings. The molecule has 2 amide bonds. The molecule has 182 valence electrons. The lowest BCUT2D eigenvalue weighted by atomic mass is 9.86. The molecular weight excluding hydrogens is 458 g/mol. The van der Waals surface area contributed by atoms with Crippen molar-refractivity contribution in [1.82, 2.24) is 4.31 Å². The first kappa shape index (κ1) is 24.0. The molecule has 9 nitrogen and oxygen atoms in total. The molecule has 0 unspecified atom stereocenters. The number of carbonyl (C=O) groups excluding carboxylic acids is 2. The van der Waals surface area contributed by atoms with Crippen LogP contribution in [0.4, 0.5) is 11.4 Å². The molecule has 2 heterocycles. The van der Waals surface area contributed by atoms with Crippen molar-refractivity contribution in [2.45, 2.75) is 37.0 Å². The number of carbonyl (C=O) groups is 2. The molecular formula is C24H29N3O6S. The highest BCUT2D eigenvalue weighted by atomic mass is 32.2. The number of nitrogens with zero attached hydrogens (tertiary/aromatic N) is 2. The fourth-order valence-electron chi connectivity index (χ4n) is 4.47. The van der Waals surface area contributed by atoms with Gasteiger partial charge in [-0.1, -0.05) is 0 Å². The number of fused-ring (bicyclic) bond motifs is 1. The van der Waals surface area contributed by atoms with Crippen molar-refractivity contribution in [2.75, 3.05) is 44.1 Å². The summed E-state index contributed by atoms with van der Waals surface area (Å²) in [6.45, 7) is 4.29. The minimum atomic E-state index is -3.62. The normalized spacial score (nSPS) is 17.5. The lowest BCUT2D eigenvalue weighted by molar-refractivity contribution is -0.124. The molecule has 34 heavy (non-hydrogen) atoms. The Balaban J connectivity index is 1.58. The Kier molecular flexibility index (Phi) is 6.30. The monoisotopic (exact) mass is 487 g/mol. The summed E-state index contributed by atoms with van der Waals surface area (Å²) in [5.41, 5.74) is 0.672. The largest absolute Gasteiger partial charge is 0.493 e. The maximum absolute atomic E-state index is 13.2. The fraction of sp³-hybridized carbons (Fsp3) is 0.417. The van der Waals surface area contributed by atoms with Crippen molar-refractivity contribution in [2.24, 2.45) is 0 Å². The number of nitrogens with one attached hydrogen (secondary N) is 1. The third kappa shape index (κ3) is 4.12. The smallest absolute Gasteiger partial charge is 0.244 e. The maximum Gasteiger partial charge on any atom is 0.244 e. The molecule has 0 radical (unpaired) electrons. The number of hydrogen-bond acceptors (Lipinski definition) is 6. The van der Waals surface area contributed by atoms with E-state index < -0.39 is 21.3 Å². The summed E-state index contributed by atoms with van der Waals surface area (Å²) in [5, 5.41) is 2.78. The Morgan fingerprint density at radius 3 is 2.35 bits per heavy atom. The van der Waals surface area contributed by atoms with Gasteiger partial charge in [-0.05, 0) is 62.6 Å². The van der Waals surface area contributed by atoms with Gasteiger partial charge >= 0.3 is 0 Å². The third-order valence-electron chi connectivity index (χ3n) is 6.38. The summed E-state index contributed by atoms with van der Waals surface area (Å²) in [6, 6.07) is 9.70. The van der Waals surface area contributed by atoms with Gasteiger partial charge in [-0.15, -0.1) is 0 Å². The quantitative estimate of drug-likeness (QED) is 0.644. The summed E-state index contributed by atoms with van der Waals surface area (Å²) >= 11 is 0. The molecule has 0 saturated carbocycles. The first-order chi connectivity index (χ1) is 16.1. The predicted molar refractivity (Wildman–Crippen MR) is 128 cm³/mol. The van der Waals surface area contributed by atoms with E-state index in [4.69, 9.17) is 9.47 Å². The molecule has 10 heteroatoms. The van der Waals surface area contributed by atoms with Crippen LogP contribution in [-0.4, -0.2) is 58.4 Å². The highest BCUT2D eigenvalue weighted by molar-refractivity contribution is 7.89. The number of hydrogen-bond donors (Lipinski definition) is 1. The molecule has 0 aromatic heterocycles. The Labute approximate surface area is 199 Å². The van der Waals surface area contributed by atoms with E-state index in [1.165, 1.54) is 29.5 Å². The molecule has 0 atom stereocenters. The highest BCUT2D eigenvalue weighted by Crippen LogP contribution is 2.43. The summed E-state index contributed by atoms with van der Waals surface area (Å²) in [4.78, 5) is 27.6. The van der Waals surface area contributed by atoms with Crippen molar-refractivity contribution in [3.8, 4) is 11.5 Å². The van der Waals surface area contributed by atoms with Gasteiger partial charge in [0.2, 0.25) is 21.8 Å². The van der Waals surface area contributed by atoms with Crippen LogP contribution in [-0.2, 0) is 25.0 Å². The van der Waals surface area contributed by atoms with E-state index in [0.29, 0.717) is 41.5 Å². The average molecular weight is 488 g/mol. The molecule has 0 bridgehead atoms. The zero-order valence-electron chi connectivity index (χ0n) is 19.8. The molecule has 1 N–H and O–H groups in total. The van der Waals surface area contributed by atoms with E-state index in [1.807, 2.05) is 0 Å². The molecule has 1 saturated heterocycles. The topological polar surface area (TPSA) is 105 Å². The van der Waals surface area contributed by atoms with E-state index in [-0.39, 0.29) is 17.3 Å². The van der Waals surface area contributed by atoms with Gasteiger partial charge in [-0.2, -0.15) is 4.31 Å². The molecule has 0 aliphatic carbocycles. The summed E-state index contributed by atoms with van der Waals surface area (Å²) < 4.78 is 38.0. The highest BCUT2D eigenvalue weighted by Gasteiger charge is 2.45. The Bertz CT molecular complexity index is 1240. The average Bonchev–Trinajstić information content (AvgIpc) is 3.42. The van der Waals surface area contributed by atoms with Crippen LogP contribution in [0.1, 0.15) is 32.3 Å². The number of rotatable bonds is 7. The van der Waals surface area contributed by atoms with Crippen molar-refractivity contribution in [1.29, 1.82) is 0 Å². The number of amides is 2. The minimum Gasteiger partial charge on any atom is -0.493 e. The first-order valence-electron chi connectivity index (χ1n) is 11.1. The van der Waals surface area contributed by atoms with Gasteiger partial charge in [-0.25, -0.2) is 8.42 Å². The fourth-order valence-corrected chi connectivity index (χ4v) is 6.01. The molecule has 2 aliphatic heterocycles. The second kappa shape index (κ2) is 8.92. The lowest BCUT2D eigenvalue weighted by Gasteiger charge is -2.20. The first-order valence-corrected chi connectivity index (χ1v) is 12.5. The standard InChI is InChI=1S/C24H29N3O6S/c1-24(2)18-14-17(34(30,31)26-11-5-6-12-26)8-9-19(18)27(23(24)29)15-22(28)25-16-7-10-20(32-3)21(13-16)33-4/h7-10,13-14H,5-6,11-12,15H2,1-4H3,(H,25,28). The molecule has 2 aromatic carbocycles. The molecule has 1 fully saturated rings. The van der Waals surface area contributed by atoms with E-state index >= 15 is 0 Å². The number of ether oxygens (including phenoxy) is 2. The second-order valence-electron chi connectivity index (χ2n) is 8.92. The van der Waals surface area contributed by atoms with Crippen molar-refractivity contribution >= 4 is 33.2 Å². The maximum atomic E-state index is 13.2. The van der Waals surface area contributed by atoms with Gasteiger partial charge in [0.05, 0.1) is 24.5 Å². The van der Waals surface area contributed by atoms with Gasteiger partial charge < -0.3 is 19.7 Å². The summed E-state index contributed by atoms with van der Waals surface area (Å²) in [6.07, 6.45) is 1.69. The van der Waals surface area contributed by atoms with E-state index in [9.17, 15) is 18.0 Å². The Morgan fingerprint density at radius 1 is 1.03 bits per heavy atom. The van der Waals surface area contributed by atoms with Crippen LogP contribution in [0.2, 0.25) is 0 Å². The predicted octanol–water partition coefficient (Wildman–Crippen LogP) is 2.75. The van der Waals surface area contributed by atoms with Gasteiger partial charge in [0.1, 0.15) is 6.54 Å². The third-order valence-corrected chi connectivity index (χ3v) is 8.28. The van der Waals surface area contributed by atoms with E-state index in [0.717, 1.165) is 12.8 Å². The van der Waals surface area contributed by atoms with Gasteiger partial charge in [0.15, 0.2) is 11.5 Å². The van der Waals surface area contributed by atoms with Gasteiger partial charge in [0.25, 0.3) is 0 Å². The summed E-state index contributed by atoms with van der Waals surface area (Å²) in [7, 11) is -0.592. The van der Waals surface area contributed by atoms with Crippen LogP contribution in [0.5, 0.6) is 11.5 Å². The Hall–Kier alpha value is -3.11. The van der Waals surface area contributed by atoms with Crippen molar-refractivity contribution < 1.29 is 27.5 Å². The number of sulfonamides is 1. The zero-order valence-corrected chi connectivity index (χ0v) is 20.6. The van der Waals surface area contributed by atoms with Gasteiger partial charge in [-0.3, -0.25) is 9.59 Å². The van der Waals surface area contributed by atoms with Crippen LogP contribution >= 0.6 is 0 Å². The molecule has 2 aliphatic rings. The molecule has 0 spiro atoms. The zero-order chi connectivity index (χ0) is 24.7. The van der Waals surface area contributed by atoms with Crippen molar-refractivity contribution in [3.63, 3.8) is 0 Å². The SMILES string of the molecule is COc1ccc(NC(=O)CN2C(=O)C(C)(C)c3cc(S(=O)(=O)N4CCCC4)ccc32)cc1OC. The van der Waals surface area contributed by atoms with Crippen LogP contribution in [0.25, 0.3) is 0 Å². The lowest BCUT2D eigenvalue weighted by Crippen LogP contribution is -2.40. The Morgan fingerprint density at radius 2 is 1.71 bits per heavy atom. The second-order valence-corrected chi connectivity index (χ2v) is 10.9. The van der Waals surface area contributed by atoms with Crippen LogP contribution in [0, 0.1) is 0 Å².